The van der Waals surface area contributed by atoms with E-state index in [0.717, 1.165) is 16.5 Å². The molecule has 0 heterocycles. The van der Waals surface area contributed by atoms with Crippen molar-refractivity contribution in [2.75, 3.05) is 0 Å². The highest BCUT2D eigenvalue weighted by Crippen LogP contribution is 2.21. The largest absolute Gasteiger partial charge is 0.352 e. The quantitative estimate of drug-likeness (QED) is 0.433. The number of rotatable bonds is 9. The molecule has 0 aliphatic rings. The number of hydrogen-bond donors (Lipinski definition) is 1. The van der Waals surface area contributed by atoms with Crippen molar-refractivity contribution in [1.82, 2.24) is 10.2 Å². The predicted molar refractivity (Wildman–Crippen MR) is 119 cm³/mol. The minimum atomic E-state index is -0.728. The molecule has 0 bridgehead atoms. The average molecular weight is 476 g/mol. The number of nitrogens with zero attached hydrogens (tertiary/aromatic N) is 2. The standard InChI is InChI=1S/C22H26BrN3O4/c1-4-15(2)24-22(28)16(3)25(14-17-8-7-10-19(23)12-17)21(27)13-18-9-5-6-11-20(18)26(29)30/h5-12,15-16H,4,13-14H2,1-3H3,(H,24,28)/t15-,16+/m1/s1. The molecule has 0 unspecified atom stereocenters. The molecule has 0 radical (unpaired) electrons. The molecular formula is C22H26BrN3O4. The maximum Gasteiger partial charge on any atom is 0.273 e. The molecule has 7 nitrogen and oxygen atoms in total. The number of nitrogens with one attached hydrogen (secondary N) is 1. The normalized spacial score (nSPS) is 12.7. The number of nitro benzene ring substituents is 1. The van der Waals surface area contributed by atoms with Crippen LogP contribution in [-0.2, 0) is 22.6 Å². The Morgan fingerprint density at radius 3 is 2.50 bits per heavy atom. The van der Waals surface area contributed by atoms with Crippen molar-refractivity contribution in [2.24, 2.45) is 0 Å². The van der Waals surface area contributed by atoms with E-state index in [-0.39, 0.29) is 36.5 Å². The second-order valence-electron chi connectivity index (χ2n) is 7.21. The summed E-state index contributed by atoms with van der Waals surface area (Å²) in [5.41, 5.74) is 1.06. The number of amides is 2. The third kappa shape index (κ3) is 6.38. The molecule has 160 valence electrons. The summed E-state index contributed by atoms with van der Waals surface area (Å²) in [5, 5.41) is 14.2. The second kappa shape index (κ2) is 10.9. The van der Waals surface area contributed by atoms with Gasteiger partial charge in [0.25, 0.3) is 5.69 Å². The van der Waals surface area contributed by atoms with Gasteiger partial charge in [0.1, 0.15) is 6.04 Å². The maximum absolute atomic E-state index is 13.2. The van der Waals surface area contributed by atoms with Crippen LogP contribution in [0.3, 0.4) is 0 Å². The molecule has 2 atom stereocenters. The Hall–Kier alpha value is -2.74. The van der Waals surface area contributed by atoms with Gasteiger partial charge in [0.2, 0.25) is 11.8 Å². The highest BCUT2D eigenvalue weighted by atomic mass is 79.9. The Morgan fingerprint density at radius 2 is 1.87 bits per heavy atom. The van der Waals surface area contributed by atoms with E-state index in [9.17, 15) is 19.7 Å². The van der Waals surface area contributed by atoms with E-state index >= 15 is 0 Å². The van der Waals surface area contributed by atoms with E-state index in [4.69, 9.17) is 0 Å². The maximum atomic E-state index is 13.2. The smallest absolute Gasteiger partial charge is 0.273 e. The lowest BCUT2D eigenvalue weighted by atomic mass is 10.1. The van der Waals surface area contributed by atoms with Crippen LogP contribution in [0.5, 0.6) is 0 Å². The summed E-state index contributed by atoms with van der Waals surface area (Å²) in [5.74, 6) is -0.605. The lowest BCUT2D eigenvalue weighted by molar-refractivity contribution is -0.385. The minimum Gasteiger partial charge on any atom is -0.352 e. The number of nitro groups is 1. The van der Waals surface area contributed by atoms with Gasteiger partial charge in [-0.2, -0.15) is 0 Å². The summed E-state index contributed by atoms with van der Waals surface area (Å²) in [6, 6.07) is 12.9. The molecular weight excluding hydrogens is 450 g/mol. The lowest BCUT2D eigenvalue weighted by Crippen LogP contribution is -2.49. The van der Waals surface area contributed by atoms with Gasteiger partial charge in [0.05, 0.1) is 11.3 Å². The predicted octanol–water partition coefficient (Wildman–Crippen LogP) is 4.23. The minimum absolute atomic E-state index is 0.0158. The van der Waals surface area contributed by atoms with Gasteiger partial charge in [0.15, 0.2) is 0 Å². The van der Waals surface area contributed by atoms with Gasteiger partial charge in [-0.1, -0.05) is 53.2 Å². The van der Waals surface area contributed by atoms with Crippen molar-refractivity contribution in [1.29, 1.82) is 0 Å². The van der Waals surface area contributed by atoms with E-state index in [1.54, 1.807) is 25.1 Å². The number of carbonyl (C=O) groups is 2. The molecule has 2 aromatic carbocycles. The second-order valence-corrected chi connectivity index (χ2v) is 8.12. The van der Waals surface area contributed by atoms with Crippen molar-refractivity contribution < 1.29 is 14.5 Å². The van der Waals surface area contributed by atoms with Gasteiger partial charge < -0.3 is 10.2 Å². The van der Waals surface area contributed by atoms with Gasteiger partial charge >= 0.3 is 0 Å². The first-order chi connectivity index (χ1) is 14.2. The first kappa shape index (κ1) is 23.5. The van der Waals surface area contributed by atoms with E-state index in [0.29, 0.717) is 5.56 Å². The summed E-state index contributed by atoms with van der Waals surface area (Å²) >= 11 is 3.42. The van der Waals surface area contributed by atoms with Crippen molar-refractivity contribution >= 4 is 33.4 Å². The third-order valence-corrected chi connectivity index (χ3v) is 5.43. The van der Waals surface area contributed by atoms with E-state index in [1.165, 1.54) is 11.0 Å². The summed E-state index contributed by atoms with van der Waals surface area (Å²) in [4.78, 5) is 38.2. The zero-order valence-corrected chi connectivity index (χ0v) is 18.9. The molecule has 30 heavy (non-hydrogen) atoms. The fourth-order valence-corrected chi connectivity index (χ4v) is 3.43. The summed E-state index contributed by atoms with van der Waals surface area (Å²) in [7, 11) is 0. The van der Waals surface area contributed by atoms with Crippen LogP contribution in [-0.4, -0.2) is 33.7 Å². The molecule has 0 aromatic heterocycles. The van der Waals surface area contributed by atoms with Gasteiger partial charge in [-0.05, 0) is 38.0 Å². The number of benzene rings is 2. The topological polar surface area (TPSA) is 92.6 Å². The number of hydrogen-bond acceptors (Lipinski definition) is 4. The molecule has 0 fully saturated rings. The fraction of sp³-hybridized carbons (Fsp3) is 0.364. The summed E-state index contributed by atoms with van der Waals surface area (Å²) < 4.78 is 0.864. The molecule has 0 saturated heterocycles. The first-order valence-electron chi connectivity index (χ1n) is 9.79. The summed E-state index contributed by atoms with van der Waals surface area (Å²) in [6.07, 6.45) is 0.611. The Bertz CT molecular complexity index is 919. The highest BCUT2D eigenvalue weighted by Gasteiger charge is 2.28. The Balaban J connectivity index is 2.31. The number of carbonyl (C=O) groups excluding carboxylic acids is 2. The van der Waals surface area contributed by atoms with Crippen LogP contribution in [0.25, 0.3) is 0 Å². The zero-order chi connectivity index (χ0) is 22.3. The van der Waals surface area contributed by atoms with E-state index in [2.05, 4.69) is 21.2 Å². The molecule has 8 heteroatoms. The van der Waals surface area contributed by atoms with Gasteiger partial charge in [-0.3, -0.25) is 19.7 Å². The zero-order valence-electron chi connectivity index (χ0n) is 17.3. The molecule has 2 rings (SSSR count). The molecule has 0 aliphatic heterocycles. The third-order valence-electron chi connectivity index (χ3n) is 4.94. The van der Waals surface area contributed by atoms with Crippen LogP contribution >= 0.6 is 15.9 Å². The first-order valence-corrected chi connectivity index (χ1v) is 10.6. The lowest BCUT2D eigenvalue weighted by Gasteiger charge is -2.30. The Kier molecular flexibility index (Phi) is 8.53. The van der Waals surface area contributed by atoms with Crippen LogP contribution in [0, 0.1) is 10.1 Å². The SMILES string of the molecule is CC[C@@H](C)NC(=O)[C@H](C)N(Cc1cccc(Br)c1)C(=O)Cc1ccccc1[N+](=O)[O-]. The molecule has 0 saturated carbocycles. The fourth-order valence-electron chi connectivity index (χ4n) is 2.98. The number of para-hydroxylation sites is 1. The van der Waals surface area contributed by atoms with Crippen LogP contribution < -0.4 is 5.32 Å². The van der Waals surface area contributed by atoms with Gasteiger partial charge in [-0.15, -0.1) is 0 Å². The molecule has 0 aliphatic carbocycles. The molecule has 0 spiro atoms. The molecule has 2 amide bonds. The van der Waals surface area contributed by atoms with Crippen LogP contribution in [0.1, 0.15) is 38.3 Å². The monoisotopic (exact) mass is 475 g/mol. The van der Waals surface area contributed by atoms with Crippen LogP contribution in [0.2, 0.25) is 0 Å². The van der Waals surface area contributed by atoms with Crippen LogP contribution in [0.15, 0.2) is 53.0 Å². The highest BCUT2D eigenvalue weighted by molar-refractivity contribution is 9.10. The van der Waals surface area contributed by atoms with Gasteiger partial charge in [0, 0.05) is 28.7 Å². The van der Waals surface area contributed by atoms with Crippen molar-refractivity contribution in [3.63, 3.8) is 0 Å². The average Bonchev–Trinajstić information content (AvgIpc) is 2.71. The van der Waals surface area contributed by atoms with E-state index in [1.807, 2.05) is 38.1 Å². The van der Waals surface area contributed by atoms with Gasteiger partial charge in [-0.25, -0.2) is 0 Å². The molecule has 1 N–H and O–H groups in total. The number of halogens is 1. The van der Waals surface area contributed by atoms with E-state index < -0.39 is 11.0 Å². The molecule has 2 aromatic rings. The Morgan fingerprint density at radius 1 is 1.17 bits per heavy atom. The van der Waals surface area contributed by atoms with Crippen molar-refractivity contribution in [2.45, 2.75) is 52.2 Å². The summed E-state index contributed by atoms with van der Waals surface area (Å²) in [6.45, 7) is 5.76. The Labute approximate surface area is 184 Å². The van der Waals surface area contributed by atoms with Crippen molar-refractivity contribution in [3.8, 4) is 0 Å². The van der Waals surface area contributed by atoms with Crippen LogP contribution in [0.4, 0.5) is 5.69 Å². The van der Waals surface area contributed by atoms with Crippen molar-refractivity contribution in [3.05, 3.63) is 74.2 Å².